The van der Waals surface area contributed by atoms with E-state index in [0.717, 1.165) is 0 Å². The molecule has 1 atom stereocenters. The number of ether oxygens (including phenoxy) is 4. The summed E-state index contributed by atoms with van der Waals surface area (Å²) in [6, 6.07) is 9.01. The molecule has 2 aromatic carbocycles. The summed E-state index contributed by atoms with van der Waals surface area (Å²) in [5.74, 6) is 1.76. The van der Waals surface area contributed by atoms with Crippen molar-refractivity contribution in [3.8, 4) is 23.0 Å². The third-order valence-electron chi connectivity index (χ3n) is 4.95. The number of hydrogen-bond donors (Lipinski definition) is 1. The first-order chi connectivity index (χ1) is 14.4. The Morgan fingerprint density at radius 3 is 2.47 bits per heavy atom. The number of sulfonamides is 1. The Kier molecular flexibility index (Phi) is 5.44. The highest BCUT2D eigenvalue weighted by Crippen LogP contribution is 2.35. The second-order valence-electron chi connectivity index (χ2n) is 6.87. The molecule has 0 bridgehead atoms. The summed E-state index contributed by atoms with van der Waals surface area (Å²) >= 11 is 0. The fourth-order valence-corrected chi connectivity index (χ4v) is 4.75. The van der Waals surface area contributed by atoms with E-state index in [1.807, 2.05) is 0 Å². The Bertz CT molecular complexity index is 1070. The molecule has 4 rings (SSSR count). The molecule has 1 fully saturated rings. The van der Waals surface area contributed by atoms with E-state index >= 15 is 0 Å². The minimum Gasteiger partial charge on any atom is -0.493 e. The Hall–Kier alpha value is -2.98. The summed E-state index contributed by atoms with van der Waals surface area (Å²) < 4.78 is 49.6. The van der Waals surface area contributed by atoms with Gasteiger partial charge in [0.05, 0.1) is 19.1 Å². The van der Waals surface area contributed by atoms with E-state index in [1.54, 1.807) is 23.1 Å². The molecule has 160 valence electrons. The van der Waals surface area contributed by atoms with Crippen LogP contribution in [-0.2, 0) is 14.8 Å². The molecule has 10 heteroatoms. The van der Waals surface area contributed by atoms with E-state index < -0.39 is 16.1 Å². The molecule has 2 aliphatic heterocycles. The first-order valence-electron chi connectivity index (χ1n) is 9.35. The van der Waals surface area contributed by atoms with Gasteiger partial charge in [-0.2, -0.15) is 0 Å². The Morgan fingerprint density at radius 1 is 1.00 bits per heavy atom. The van der Waals surface area contributed by atoms with Crippen LogP contribution in [0.4, 0.5) is 5.69 Å². The van der Waals surface area contributed by atoms with E-state index in [4.69, 9.17) is 18.9 Å². The van der Waals surface area contributed by atoms with Crippen molar-refractivity contribution in [2.45, 2.75) is 17.4 Å². The number of anilines is 1. The van der Waals surface area contributed by atoms with Gasteiger partial charge < -0.3 is 23.8 Å². The van der Waals surface area contributed by atoms with E-state index in [-0.39, 0.29) is 23.8 Å². The minimum absolute atomic E-state index is 0.0328. The van der Waals surface area contributed by atoms with Crippen molar-refractivity contribution in [1.29, 1.82) is 0 Å². The Morgan fingerprint density at radius 2 is 1.73 bits per heavy atom. The number of rotatable bonds is 6. The van der Waals surface area contributed by atoms with Gasteiger partial charge in [0.25, 0.3) is 0 Å². The van der Waals surface area contributed by atoms with E-state index in [0.29, 0.717) is 41.9 Å². The number of amides is 1. The fraction of sp³-hybridized carbons (Fsp3) is 0.350. The zero-order chi connectivity index (χ0) is 21.3. The average Bonchev–Trinajstić information content (AvgIpc) is 3.11. The summed E-state index contributed by atoms with van der Waals surface area (Å²) in [4.78, 5) is 14.1. The van der Waals surface area contributed by atoms with Crippen molar-refractivity contribution in [3.05, 3.63) is 36.4 Å². The van der Waals surface area contributed by atoms with Gasteiger partial charge in [0.2, 0.25) is 15.9 Å². The molecule has 0 spiro atoms. The van der Waals surface area contributed by atoms with Gasteiger partial charge in [-0.15, -0.1) is 0 Å². The fourth-order valence-electron chi connectivity index (χ4n) is 3.51. The van der Waals surface area contributed by atoms with Crippen LogP contribution in [0.1, 0.15) is 6.42 Å². The zero-order valence-corrected chi connectivity index (χ0v) is 17.4. The Labute approximate surface area is 174 Å². The molecule has 30 heavy (non-hydrogen) atoms. The molecular formula is C20H22N2O7S. The molecule has 1 N–H and O–H groups in total. The average molecular weight is 434 g/mol. The summed E-state index contributed by atoms with van der Waals surface area (Å²) in [5.41, 5.74) is 0.636. The van der Waals surface area contributed by atoms with Crippen LogP contribution in [0, 0.1) is 0 Å². The Balaban J connectivity index is 1.50. The van der Waals surface area contributed by atoms with Crippen molar-refractivity contribution < 1.29 is 32.2 Å². The van der Waals surface area contributed by atoms with Gasteiger partial charge >= 0.3 is 0 Å². The molecule has 1 saturated heterocycles. The van der Waals surface area contributed by atoms with E-state index in [9.17, 15) is 13.2 Å². The second-order valence-corrected chi connectivity index (χ2v) is 8.59. The molecule has 2 heterocycles. The number of nitrogens with zero attached hydrogens (tertiary/aromatic N) is 1. The van der Waals surface area contributed by atoms with Crippen LogP contribution in [0.3, 0.4) is 0 Å². The molecule has 0 unspecified atom stereocenters. The largest absolute Gasteiger partial charge is 0.493 e. The summed E-state index contributed by atoms with van der Waals surface area (Å²) in [6.07, 6.45) is 0.0565. The molecule has 1 amide bonds. The van der Waals surface area contributed by atoms with Gasteiger partial charge in [0, 0.05) is 36.8 Å². The number of carbonyl (C=O) groups is 1. The van der Waals surface area contributed by atoms with Gasteiger partial charge in [-0.3, -0.25) is 4.79 Å². The molecule has 2 aromatic rings. The molecular weight excluding hydrogens is 412 g/mol. The number of benzene rings is 2. The van der Waals surface area contributed by atoms with Crippen molar-refractivity contribution in [1.82, 2.24) is 4.72 Å². The van der Waals surface area contributed by atoms with Crippen molar-refractivity contribution >= 4 is 21.6 Å². The highest BCUT2D eigenvalue weighted by Gasteiger charge is 2.34. The minimum atomic E-state index is -3.85. The van der Waals surface area contributed by atoms with E-state index in [2.05, 4.69) is 4.72 Å². The molecule has 9 nitrogen and oxygen atoms in total. The van der Waals surface area contributed by atoms with Crippen LogP contribution in [0.2, 0.25) is 0 Å². The third-order valence-corrected chi connectivity index (χ3v) is 6.47. The maximum Gasteiger partial charge on any atom is 0.241 e. The van der Waals surface area contributed by atoms with Crippen molar-refractivity contribution in [2.24, 2.45) is 0 Å². The topological polar surface area (TPSA) is 103 Å². The quantitative estimate of drug-likeness (QED) is 0.736. The highest BCUT2D eigenvalue weighted by atomic mass is 32.2. The molecule has 0 aromatic heterocycles. The van der Waals surface area contributed by atoms with Crippen LogP contribution < -0.4 is 28.6 Å². The number of fused-ring (bicyclic) bond motifs is 1. The maximum absolute atomic E-state index is 12.8. The van der Waals surface area contributed by atoms with Crippen molar-refractivity contribution in [3.63, 3.8) is 0 Å². The summed E-state index contributed by atoms with van der Waals surface area (Å²) in [6.45, 7) is 1.14. The van der Waals surface area contributed by atoms with Gasteiger partial charge in [-0.1, -0.05) is 0 Å². The first-order valence-corrected chi connectivity index (χ1v) is 10.8. The molecule has 0 aliphatic carbocycles. The summed E-state index contributed by atoms with van der Waals surface area (Å²) in [7, 11) is -0.948. The molecule has 0 saturated carbocycles. The molecule has 0 radical (unpaired) electrons. The third kappa shape index (κ3) is 3.88. The van der Waals surface area contributed by atoms with Crippen LogP contribution in [-0.4, -0.2) is 54.3 Å². The lowest BCUT2D eigenvalue weighted by atomic mass is 10.2. The second kappa shape index (κ2) is 8.04. The predicted molar refractivity (Wildman–Crippen MR) is 108 cm³/mol. The standard InChI is InChI=1S/C20H22N2O7S/c1-26-16-6-4-15(11-18(16)27-2)30(24,25)21-13-9-20(23)22(12-13)14-3-5-17-19(10-14)29-8-7-28-17/h3-6,10-11,13,21H,7-9,12H2,1-2H3/t13-/m1/s1. The predicted octanol–water partition coefficient (Wildman–Crippen LogP) is 1.56. The number of carbonyl (C=O) groups excluding carboxylic acids is 1. The normalized spacial score (nSPS) is 18.4. The number of nitrogens with one attached hydrogen (secondary N) is 1. The van der Waals surface area contributed by atoms with Gasteiger partial charge in [0.1, 0.15) is 13.2 Å². The lowest BCUT2D eigenvalue weighted by molar-refractivity contribution is -0.117. The maximum atomic E-state index is 12.8. The SMILES string of the molecule is COc1ccc(S(=O)(=O)N[C@@H]2CC(=O)N(c3ccc4c(c3)OCCO4)C2)cc1OC. The summed E-state index contributed by atoms with van der Waals surface area (Å²) in [5, 5.41) is 0. The smallest absolute Gasteiger partial charge is 0.241 e. The monoisotopic (exact) mass is 434 g/mol. The number of methoxy groups -OCH3 is 2. The lowest BCUT2D eigenvalue weighted by Crippen LogP contribution is -2.37. The van der Waals surface area contributed by atoms with Crippen LogP contribution in [0.5, 0.6) is 23.0 Å². The lowest BCUT2D eigenvalue weighted by Gasteiger charge is -2.22. The van der Waals surface area contributed by atoms with Crippen LogP contribution in [0.25, 0.3) is 0 Å². The van der Waals surface area contributed by atoms with Crippen molar-refractivity contribution in [2.75, 3.05) is 38.9 Å². The van der Waals surface area contributed by atoms with Gasteiger partial charge in [0.15, 0.2) is 23.0 Å². The molecule has 2 aliphatic rings. The highest BCUT2D eigenvalue weighted by molar-refractivity contribution is 7.89. The van der Waals surface area contributed by atoms with E-state index in [1.165, 1.54) is 32.4 Å². The number of hydrogen-bond acceptors (Lipinski definition) is 7. The van der Waals surface area contributed by atoms with Gasteiger partial charge in [-0.25, -0.2) is 13.1 Å². The van der Waals surface area contributed by atoms with Crippen LogP contribution in [0.15, 0.2) is 41.3 Å². The zero-order valence-electron chi connectivity index (χ0n) is 16.6. The first kappa shape index (κ1) is 20.3. The van der Waals surface area contributed by atoms with Crippen LogP contribution >= 0.6 is 0 Å². The van der Waals surface area contributed by atoms with Gasteiger partial charge in [-0.05, 0) is 24.3 Å².